The van der Waals surface area contributed by atoms with Gasteiger partial charge in [-0.25, -0.2) is 0 Å². The molecular weight excluding hydrogens is 380 g/mol. The van der Waals surface area contributed by atoms with Gasteiger partial charge in [0.15, 0.2) is 11.5 Å². The van der Waals surface area contributed by atoms with Crippen LogP contribution in [0.25, 0.3) is 0 Å². The molecule has 1 aliphatic heterocycles. The van der Waals surface area contributed by atoms with E-state index in [2.05, 4.69) is 17.0 Å². The molecule has 2 aromatic rings. The van der Waals surface area contributed by atoms with E-state index < -0.39 is 0 Å². The summed E-state index contributed by atoms with van der Waals surface area (Å²) in [5.74, 6) is 1.62. The Hall–Kier alpha value is -2.73. The quantitative estimate of drug-likeness (QED) is 0.790. The van der Waals surface area contributed by atoms with Gasteiger partial charge in [-0.05, 0) is 55.5 Å². The number of methoxy groups -OCH3 is 1. The van der Waals surface area contributed by atoms with E-state index in [0.29, 0.717) is 18.7 Å². The molecule has 1 N–H and O–H groups in total. The molecule has 2 fully saturated rings. The monoisotopic (exact) mass is 410 g/mol. The number of hydrogen-bond donors (Lipinski definition) is 1. The topological polar surface area (TPSA) is 62.2 Å². The van der Waals surface area contributed by atoms with Crippen LogP contribution in [-0.4, -0.2) is 55.3 Å². The summed E-state index contributed by atoms with van der Waals surface area (Å²) < 4.78 is 11.7. The highest BCUT2D eigenvalue weighted by Gasteiger charge is 2.24. The molecule has 2 aliphatic rings. The van der Waals surface area contributed by atoms with Crippen LogP contribution in [0.3, 0.4) is 0 Å². The number of aliphatic hydroxyl groups is 1. The number of rotatable bonds is 6. The first-order valence-electron chi connectivity index (χ1n) is 10.8. The second-order valence-corrected chi connectivity index (χ2v) is 7.99. The number of nitrogens with zero attached hydrogens (tertiary/aromatic N) is 2. The van der Waals surface area contributed by atoms with E-state index in [4.69, 9.17) is 14.6 Å². The number of anilines is 1. The number of benzene rings is 2. The number of aliphatic hydroxyl groups excluding tert-OH is 1. The van der Waals surface area contributed by atoms with Crippen LogP contribution in [0.1, 0.15) is 41.6 Å². The first kappa shape index (κ1) is 20.5. The van der Waals surface area contributed by atoms with Gasteiger partial charge in [0.05, 0.1) is 19.8 Å². The van der Waals surface area contributed by atoms with Gasteiger partial charge in [-0.1, -0.05) is 12.1 Å². The molecular formula is C24H30N2O4. The van der Waals surface area contributed by atoms with E-state index in [-0.39, 0.29) is 18.6 Å². The lowest BCUT2D eigenvalue weighted by Crippen LogP contribution is -2.48. The van der Waals surface area contributed by atoms with Crippen molar-refractivity contribution in [1.82, 2.24) is 4.90 Å². The number of piperazine rings is 1. The van der Waals surface area contributed by atoms with Crippen LogP contribution in [0.2, 0.25) is 0 Å². The summed E-state index contributed by atoms with van der Waals surface area (Å²) in [6.45, 7) is 2.88. The third-order valence-electron chi connectivity index (χ3n) is 6.06. The van der Waals surface area contributed by atoms with Gasteiger partial charge in [-0.15, -0.1) is 0 Å². The highest BCUT2D eigenvalue weighted by Crippen LogP contribution is 2.35. The van der Waals surface area contributed by atoms with Gasteiger partial charge in [0.25, 0.3) is 5.91 Å². The van der Waals surface area contributed by atoms with E-state index in [1.54, 1.807) is 31.4 Å². The van der Waals surface area contributed by atoms with Crippen molar-refractivity contribution in [3.8, 4) is 11.5 Å². The fourth-order valence-electron chi connectivity index (χ4n) is 4.24. The Labute approximate surface area is 178 Å². The van der Waals surface area contributed by atoms with E-state index in [0.717, 1.165) is 48.7 Å². The second kappa shape index (κ2) is 9.39. The summed E-state index contributed by atoms with van der Waals surface area (Å²) in [6, 6.07) is 13.3. The van der Waals surface area contributed by atoms with Crippen LogP contribution < -0.4 is 14.4 Å². The maximum atomic E-state index is 12.8. The molecule has 1 aliphatic carbocycles. The third kappa shape index (κ3) is 4.54. The number of carbonyl (C=O) groups excluding carboxylic acids is 1. The van der Waals surface area contributed by atoms with Gasteiger partial charge < -0.3 is 24.4 Å². The Morgan fingerprint density at radius 1 is 1.00 bits per heavy atom. The summed E-state index contributed by atoms with van der Waals surface area (Å²) in [5.41, 5.74) is 2.58. The Morgan fingerprint density at radius 2 is 1.70 bits per heavy atom. The minimum absolute atomic E-state index is 0.0124. The minimum Gasteiger partial charge on any atom is -0.493 e. The van der Waals surface area contributed by atoms with Crippen molar-refractivity contribution < 1.29 is 19.4 Å². The zero-order valence-corrected chi connectivity index (χ0v) is 17.5. The van der Waals surface area contributed by atoms with Gasteiger partial charge in [-0.2, -0.15) is 0 Å². The lowest BCUT2D eigenvalue weighted by Gasteiger charge is -2.36. The van der Waals surface area contributed by atoms with Crippen LogP contribution in [0.5, 0.6) is 11.5 Å². The molecule has 0 aromatic heterocycles. The van der Waals surface area contributed by atoms with Crippen molar-refractivity contribution in [2.75, 3.05) is 38.2 Å². The Kier molecular flexibility index (Phi) is 6.43. The maximum absolute atomic E-state index is 12.8. The Bertz CT molecular complexity index is 854. The third-order valence-corrected chi connectivity index (χ3v) is 6.06. The smallest absolute Gasteiger partial charge is 0.253 e. The predicted octanol–water partition coefficient (Wildman–Crippen LogP) is 3.47. The summed E-state index contributed by atoms with van der Waals surface area (Å²) in [7, 11) is 1.67. The number of hydrogen-bond acceptors (Lipinski definition) is 5. The molecule has 1 saturated heterocycles. The van der Waals surface area contributed by atoms with Crippen LogP contribution in [0.4, 0.5) is 5.69 Å². The van der Waals surface area contributed by atoms with Crippen molar-refractivity contribution >= 4 is 11.6 Å². The molecule has 2 aromatic carbocycles. The van der Waals surface area contributed by atoms with Crippen LogP contribution in [-0.2, 0) is 6.61 Å². The standard InChI is InChI=1S/C24H30N2O4/c1-29-22-11-10-20(16-23(22)30-21-4-2-3-5-21)25-12-14-26(15-13-25)24(28)19-8-6-18(17-27)7-9-19/h6-11,16,21,27H,2-5,12-15,17H2,1H3. The van der Waals surface area contributed by atoms with Gasteiger partial charge in [-0.3, -0.25) is 4.79 Å². The molecule has 4 rings (SSSR count). The summed E-state index contributed by atoms with van der Waals surface area (Å²) >= 11 is 0. The van der Waals surface area contributed by atoms with E-state index in [1.807, 2.05) is 11.0 Å². The van der Waals surface area contributed by atoms with E-state index in [1.165, 1.54) is 12.8 Å². The van der Waals surface area contributed by atoms with Crippen LogP contribution >= 0.6 is 0 Å². The van der Waals surface area contributed by atoms with E-state index in [9.17, 15) is 4.79 Å². The molecule has 1 amide bonds. The average molecular weight is 411 g/mol. The molecule has 160 valence electrons. The molecule has 0 unspecified atom stereocenters. The summed E-state index contributed by atoms with van der Waals surface area (Å²) in [6.07, 6.45) is 4.94. The molecule has 0 spiro atoms. The molecule has 1 saturated carbocycles. The van der Waals surface area contributed by atoms with Gasteiger partial charge in [0.2, 0.25) is 0 Å². The van der Waals surface area contributed by atoms with Crippen molar-refractivity contribution in [2.24, 2.45) is 0 Å². The largest absolute Gasteiger partial charge is 0.493 e. The molecule has 6 heteroatoms. The van der Waals surface area contributed by atoms with Crippen molar-refractivity contribution in [3.05, 3.63) is 53.6 Å². The lowest BCUT2D eigenvalue weighted by molar-refractivity contribution is 0.0746. The molecule has 0 bridgehead atoms. The molecule has 0 atom stereocenters. The number of ether oxygens (including phenoxy) is 2. The zero-order valence-electron chi connectivity index (χ0n) is 17.5. The average Bonchev–Trinajstić information content (AvgIpc) is 3.32. The highest BCUT2D eigenvalue weighted by molar-refractivity contribution is 5.94. The van der Waals surface area contributed by atoms with Crippen molar-refractivity contribution in [3.63, 3.8) is 0 Å². The van der Waals surface area contributed by atoms with Crippen LogP contribution in [0, 0.1) is 0 Å². The number of carbonyl (C=O) groups is 1. The second-order valence-electron chi connectivity index (χ2n) is 7.99. The Balaban J connectivity index is 1.40. The first-order valence-corrected chi connectivity index (χ1v) is 10.8. The molecule has 0 radical (unpaired) electrons. The van der Waals surface area contributed by atoms with Crippen molar-refractivity contribution in [2.45, 2.75) is 38.4 Å². The summed E-state index contributed by atoms with van der Waals surface area (Å²) in [5, 5.41) is 9.17. The van der Waals surface area contributed by atoms with Crippen molar-refractivity contribution in [1.29, 1.82) is 0 Å². The zero-order chi connectivity index (χ0) is 20.9. The molecule has 30 heavy (non-hydrogen) atoms. The Morgan fingerprint density at radius 3 is 2.33 bits per heavy atom. The fraction of sp³-hybridized carbons (Fsp3) is 0.458. The van der Waals surface area contributed by atoms with Crippen LogP contribution in [0.15, 0.2) is 42.5 Å². The minimum atomic E-state index is -0.0124. The maximum Gasteiger partial charge on any atom is 0.253 e. The first-order chi connectivity index (χ1) is 14.7. The normalized spacial score (nSPS) is 17.3. The van der Waals surface area contributed by atoms with Gasteiger partial charge >= 0.3 is 0 Å². The van der Waals surface area contributed by atoms with E-state index >= 15 is 0 Å². The predicted molar refractivity (Wildman–Crippen MR) is 116 cm³/mol. The molecule has 1 heterocycles. The fourth-order valence-corrected chi connectivity index (χ4v) is 4.24. The van der Waals surface area contributed by atoms with Gasteiger partial charge in [0, 0.05) is 43.5 Å². The lowest BCUT2D eigenvalue weighted by atomic mass is 10.1. The number of amides is 1. The highest BCUT2D eigenvalue weighted by atomic mass is 16.5. The summed E-state index contributed by atoms with van der Waals surface area (Å²) in [4.78, 5) is 17.0. The van der Waals surface area contributed by atoms with Gasteiger partial charge in [0.1, 0.15) is 0 Å². The molecule has 6 nitrogen and oxygen atoms in total. The SMILES string of the molecule is COc1ccc(N2CCN(C(=O)c3ccc(CO)cc3)CC2)cc1OC1CCCC1.